The van der Waals surface area contributed by atoms with Crippen LogP contribution in [0.15, 0.2) is 0 Å². The van der Waals surface area contributed by atoms with Crippen LogP contribution in [-0.2, 0) is 9.53 Å². The molecular formula is C10H20N2O2. The fraction of sp³-hybridized carbons (Fsp3) is 0.900. The molecule has 1 heterocycles. The SMILES string of the molecule is CCC(C)NC(C(N)=O)C1CCOC1. The number of hydrogen-bond donors (Lipinski definition) is 2. The van der Waals surface area contributed by atoms with Crippen LogP contribution in [0.2, 0.25) is 0 Å². The van der Waals surface area contributed by atoms with Crippen LogP contribution in [-0.4, -0.2) is 31.2 Å². The molecule has 3 unspecified atom stereocenters. The first-order valence-corrected chi connectivity index (χ1v) is 5.28. The van der Waals surface area contributed by atoms with E-state index in [4.69, 9.17) is 10.5 Å². The molecule has 1 amide bonds. The van der Waals surface area contributed by atoms with E-state index < -0.39 is 0 Å². The van der Waals surface area contributed by atoms with Crippen LogP contribution in [0.4, 0.5) is 0 Å². The van der Waals surface area contributed by atoms with E-state index in [1.807, 2.05) is 0 Å². The zero-order valence-electron chi connectivity index (χ0n) is 8.95. The highest BCUT2D eigenvalue weighted by Gasteiger charge is 2.30. The smallest absolute Gasteiger partial charge is 0.234 e. The highest BCUT2D eigenvalue weighted by molar-refractivity contribution is 5.80. The van der Waals surface area contributed by atoms with E-state index >= 15 is 0 Å². The Morgan fingerprint density at radius 3 is 2.86 bits per heavy atom. The Kier molecular flexibility index (Phi) is 4.35. The third-order valence-electron chi connectivity index (χ3n) is 2.82. The van der Waals surface area contributed by atoms with E-state index in [9.17, 15) is 4.79 Å². The van der Waals surface area contributed by atoms with Crippen molar-refractivity contribution in [2.45, 2.75) is 38.8 Å². The molecule has 1 aliphatic heterocycles. The van der Waals surface area contributed by atoms with Crippen molar-refractivity contribution < 1.29 is 9.53 Å². The summed E-state index contributed by atoms with van der Waals surface area (Å²) in [5, 5.41) is 3.25. The lowest BCUT2D eigenvalue weighted by Crippen LogP contribution is -2.50. The predicted octanol–water partition coefficient (Wildman–Crippen LogP) is 0.265. The summed E-state index contributed by atoms with van der Waals surface area (Å²) in [6.45, 7) is 5.54. The maximum absolute atomic E-state index is 11.2. The van der Waals surface area contributed by atoms with Crippen LogP contribution < -0.4 is 11.1 Å². The van der Waals surface area contributed by atoms with Crippen molar-refractivity contribution in [3.63, 3.8) is 0 Å². The van der Waals surface area contributed by atoms with Gasteiger partial charge in [-0.15, -0.1) is 0 Å². The van der Waals surface area contributed by atoms with Gasteiger partial charge in [-0.3, -0.25) is 4.79 Å². The summed E-state index contributed by atoms with van der Waals surface area (Å²) in [6, 6.07) is 0.0977. The lowest BCUT2D eigenvalue weighted by Gasteiger charge is -2.24. The Bertz CT molecular complexity index is 191. The second-order valence-electron chi connectivity index (χ2n) is 3.98. The molecule has 0 aromatic carbocycles. The van der Waals surface area contributed by atoms with Crippen molar-refractivity contribution in [2.75, 3.05) is 13.2 Å². The molecule has 3 atom stereocenters. The fourth-order valence-corrected chi connectivity index (χ4v) is 1.69. The molecule has 1 rings (SSSR count). The van der Waals surface area contributed by atoms with E-state index in [-0.39, 0.29) is 17.9 Å². The quantitative estimate of drug-likeness (QED) is 0.669. The Morgan fingerprint density at radius 2 is 2.43 bits per heavy atom. The Labute approximate surface area is 85.2 Å². The molecule has 82 valence electrons. The summed E-state index contributed by atoms with van der Waals surface area (Å²) in [5.41, 5.74) is 5.36. The van der Waals surface area contributed by atoms with Crippen LogP contribution >= 0.6 is 0 Å². The van der Waals surface area contributed by atoms with Gasteiger partial charge < -0.3 is 15.8 Å². The van der Waals surface area contributed by atoms with Crippen molar-refractivity contribution in [1.82, 2.24) is 5.32 Å². The third kappa shape index (κ3) is 2.96. The van der Waals surface area contributed by atoms with E-state index in [0.29, 0.717) is 12.6 Å². The third-order valence-corrected chi connectivity index (χ3v) is 2.82. The minimum atomic E-state index is -0.263. The molecule has 14 heavy (non-hydrogen) atoms. The molecule has 0 spiro atoms. The summed E-state index contributed by atoms with van der Waals surface area (Å²) in [4.78, 5) is 11.2. The van der Waals surface area contributed by atoms with Gasteiger partial charge in [0.1, 0.15) is 0 Å². The summed E-state index contributed by atoms with van der Waals surface area (Å²) in [6.07, 6.45) is 1.92. The number of hydrogen-bond acceptors (Lipinski definition) is 3. The average Bonchev–Trinajstić information content (AvgIpc) is 2.65. The van der Waals surface area contributed by atoms with Crippen LogP contribution in [0.25, 0.3) is 0 Å². The van der Waals surface area contributed by atoms with Crippen LogP contribution in [0.1, 0.15) is 26.7 Å². The molecule has 0 bridgehead atoms. The van der Waals surface area contributed by atoms with Gasteiger partial charge in [0, 0.05) is 18.6 Å². The molecule has 1 fully saturated rings. The maximum atomic E-state index is 11.2. The highest BCUT2D eigenvalue weighted by atomic mass is 16.5. The van der Waals surface area contributed by atoms with Gasteiger partial charge in [0.05, 0.1) is 12.6 Å². The number of nitrogens with two attached hydrogens (primary N) is 1. The lowest BCUT2D eigenvalue weighted by atomic mass is 9.97. The summed E-state index contributed by atoms with van der Waals surface area (Å²) in [7, 11) is 0. The predicted molar refractivity (Wildman–Crippen MR) is 54.8 cm³/mol. The van der Waals surface area contributed by atoms with Gasteiger partial charge in [-0.1, -0.05) is 6.92 Å². The van der Waals surface area contributed by atoms with Gasteiger partial charge in [0.25, 0.3) is 0 Å². The Hall–Kier alpha value is -0.610. The van der Waals surface area contributed by atoms with Gasteiger partial charge in [-0.2, -0.15) is 0 Å². The molecule has 0 aromatic heterocycles. The first-order valence-electron chi connectivity index (χ1n) is 5.28. The van der Waals surface area contributed by atoms with E-state index in [1.165, 1.54) is 0 Å². The number of ether oxygens (including phenoxy) is 1. The van der Waals surface area contributed by atoms with Gasteiger partial charge in [0.15, 0.2) is 0 Å². The molecule has 1 saturated heterocycles. The van der Waals surface area contributed by atoms with Crippen LogP contribution in [0.3, 0.4) is 0 Å². The Morgan fingerprint density at radius 1 is 1.71 bits per heavy atom. The molecule has 0 radical (unpaired) electrons. The van der Waals surface area contributed by atoms with Crippen molar-refractivity contribution in [1.29, 1.82) is 0 Å². The number of amides is 1. The minimum absolute atomic E-state index is 0.229. The van der Waals surface area contributed by atoms with Crippen molar-refractivity contribution in [2.24, 2.45) is 11.7 Å². The topological polar surface area (TPSA) is 64.3 Å². The number of nitrogens with one attached hydrogen (secondary N) is 1. The second kappa shape index (κ2) is 5.32. The zero-order valence-corrected chi connectivity index (χ0v) is 8.95. The molecular weight excluding hydrogens is 180 g/mol. The van der Waals surface area contributed by atoms with Crippen LogP contribution in [0, 0.1) is 5.92 Å². The first-order chi connectivity index (χ1) is 6.65. The monoisotopic (exact) mass is 200 g/mol. The average molecular weight is 200 g/mol. The van der Waals surface area contributed by atoms with E-state index in [2.05, 4.69) is 19.2 Å². The summed E-state index contributed by atoms with van der Waals surface area (Å²) < 4.78 is 5.26. The zero-order chi connectivity index (χ0) is 10.6. The largest absolute Gasteiger partial charge is 0.381 e. The number of carbonyl (C=O) groups excluding carboxylic acids is 1. The van der Waals surface area contributed by atoms with E-state index in [1.54, 1.807) is 0 Å². The number of rotatable bonds is 5. The second-order valence-corrected chi connectivity index (χ2v) is 3.98. The van der Waals surface area contributed by atoms with Crippen LogP contribution in [0.5, 0.6) is 0 Å². The van der Waals surface area contributed by atoms with Gasteiger partial charge in [-0.25, -0.2) is 0 Å². The summed E-state index contributed by atoms with van der Waals surface area (Å²) in [5.74, 6) is -0.0118. The van der Waals surface area contributed by atoms with Gasteiger partial charge in [0.2, 0.25) is 5.91 Å². The lowest BCUT2D eigenvalue weighted by molar-refractivity contribution is -0.121. The highest BCUT2D eigenvalue weighted by Crippen LogP contribution is 2.17. The maximum Gasteiger partial charge on any atom is 0.234 e. The van der Waals surface area contributed by atoms with Gasteiger partial charge in [-0.05, 0) is 19.8 Å². The minimum Gasteiger partial charge on any atom is -0.381 e. The molecule has 4 nitrogen and oxygen atoms in total. The normalized spacial score (nSPS) is 26.0. The fourth-order valence-electron chi connectivity index (χ4n) is 1.69. The molecule has 3 N–H and O–H groups in total. The van der Waals surface area contributed by atoms with Crippen molar-refractivity contribution in [3.8, 4) is 0 Å². The standard InChI is InChI=1S/C10H20N2O2/c1-3-7(2)12-9(10(11)13)8-4-5-14-6-8/h7-9,12H,3-6H2,1-2H3,(H2,11,13). The Balaban J connectivity index is 2.49. The molecule has 4 heteroatoms. The van der Waals surface area contributed by atoms with Crippen molar-refractivity contribution >= 4 is 5.91 Å². The molecule has 0 saturated carbocycles. The number of primary amides is 1. The molecule has 1 aliphatic rings. The van der Waals surface area contributed by atoms with Gasteiger partial charge >= 0.3 is 0 Å². The number of carbonyl (C=O) groups is 1. The molecule has 0 aliphatic carbocycles. The molecule has 0 aromatic rings. The first kappa shape index (κ1) is 11.5. The summed E-state index contributed by atoms with van der Waals surface area (Å²) >= 11 is 0. The van der Waals surface area contributed by atoms with E-state index in [0.717, 1.165) is 19.4 Å². The van der Waals surface area contributed by atoms with Crippen molar-refractivity contribution in [3.05, 3.63) is 0 Å².